The number of allylic oxidation sites excluding steroid dienone is 1. The van der Waals surface area contributed by atoms with Crippen molar-refractivity contribution in [1.29, 1.82) is 0 Å². The fourth-order valence-electron chi connectivity index (χ4n) is 1.56. The van der Waals surface area contributed by atoms with Gasteiger partial charge in [-0.2, -0.15) is 0 Å². The molecule has 1 aliphatic rings. The van der Waals surface area contributed by atoms with E-state index < -0.39 is 0 Å². The highest BCUT2D eigenvalue weighted by molar-refractivity contribution is 6.32. The minimum absolute atomic E-state index is 0.565. The molecule has 17 heavy (non-hydrogen) atoms. The highest BCUT2D eigenvalue weighted by Crippen LogP contribution is 2.26. The van der Waals surface area contributed by atoms with E-state index in [1.807, 2.05) is 31.2 Å². The molecule has 2 nitrogen and oxygen atoms in total. The summed E-state index contributed by atoms with van der Waals surface area (Å²) in [6, 6.07) is 6.70. The van der Waals surface area contributed by atoms with Gasteiger partial charge in [-0.05, 0) is 37.5 Å². The summed E-state index contributed by atoms with van der Waals surface area (Å²) < 4.78 is 5.53. The lowest BCUT2D eigenvalue weighted by Gasteiger charge is -2.08. The smallest absolute Gasteiger partial charge is 0.138 e. The Balaban J connectivity index is 1.90. The van der Waals surface area contributed by atoms with Crippen LogP contribution in [0.25, 0.3) is 0 Å². The highest BCUT2D eigenvalue weighted by Gasteiger charge is 2.19. The first kappa shape index (κ1) is 12.5. The Hall–Kier alpha value is -0.990. The summed E-state index contributed by atoms with van der Waals surface area (Å²) in [6.45, 7) is 3.42. The number of hydrogen-bond acceptors (Lipinski definition) is 2. The molecule has 0 radical (unpaired) electrons. The zero-order valence-corrected chi connectivity index (χ0v) is 10.8. The molecule has 0 bridgehead atoms. The summed E-state index contributed by atoms with van der Waals surface area (Å²) in [4.78, 5) is 0. The summed E-state index contributed by atoms with van der Waals surface area (Å²) in [5, 5.41) is 4.15. The number of nitrogens with one attached hydrogen (secondary N) is 1. The van der Waals surface area contributed by atoms with Gasteiger partial charge >= 0.3 is 0 Å². The highest BCUT2D eigenvalue weighted by atomic mass is 35.5. The number of rotatable bonds is 6. The molecule has 0 heterocycles. The molecule has 0 aromatic heterocycles. The number of hydrogen-bond donors (Lipinski definition) is 1. The van der Waals surface area contributed by atoms with Crippen molar-refractivity contribution in [2.75, 3.05) is 6.61 Å². The van der Waals surface area contributed by atoms with E-state index in [2.05, 4.69) is 11.4 Å². The molecule has 0 unspecified atom stereocenters. The maximum absolute atomic E-state index is 6.16. The Morgan fingerprint density at radius 1 is 1.47 bits per heavy atom. The van der Waals surface area contributed by atoms with Gasteiger partial charge in [-0.25, -0.2) is 0 Å². The van der Waals surface area contributed by atoms with Crippen LogP contribution in [-0.4, -0.2) is 12.6 Å². The standard InChI is InChI=1S/C14H18ClNO/c1-2-3-8-17-14-7-4-11(9-13(14)15)10-16-12-5-6-12/h2-4,7,9,12,16H,5-6,8,10H2,1H3. The second-order valence-electron chi connectivity index (χ2n) is 4.30. The second kappa shape index (κ2) is 6.08. The maximum atomic E-state index is 6.16. The van der Waals surface area contributed by atoms with E-state index in [1.165, 1.54) is 18.4 Å². The summed E-state index contributed by atoms with van der Waals surface area (Å²) in [6.07, 6.45) is 6.53. The van der Waals surface area contributed by atoms with Crippen molar-refractivity contribution in [3.05, 3.63) is 40.9 Å². The van der Waals surface area contributed by atoms with Gasteiger partial charge in [0.2, 0.25) is 0 Å². The monoisotopic (exact) mass is 251 g/mol. The lowest BCUT2D eigenvalue weighted by Crippen LogP contribution is -2.15. The molecule has 92 valence electrons. The Bertz CT molecular complexity index is 399. The predicted octanol–water partition coefficient (Wildman–Crippen LogP) is 3.55. The van der Waals surface area contributed by atoms with Gasteiger partial charge in [-0.1, -0.05) is 29.8 Å². The van der Waals surface area contributed by atoms with Crippen LogP contribution in [-0.2, 0) is 6.54 Å². The molecule has 0 atom stereocenters. The minimum atomic E-state index is 0.565. The van der Waals surface area contributed by atoms with Crippen molar-refractivity contribution in [2.45, 2.75) is 32.4 Å². The fourth-order valence-corrected chi connectivity index (χ4v) is 1.81. The molecule has 1 aliphatic carbocycles. The molecule has 1 fully saturated rings. The van der Waals surface area contributed by atoms with Crippen molar-refractivity contribution >= 4 is 11.6 Å². The van der Waals surface area contributed by atoms with Crippen LogP contribution in [0.3, 0.4) is 0 Å². The van der Waals surface area contributed by atoms with Gasteiger partial charge in [0.25, 0.3) is 0 Å². The van der Waals surface area contributed by atoms with Crippen LogP contribution in [0.4, 0.5) is 0 Å². The third-order valence-corrected chi connectivity index (χ3v) is 3.03. The van der Waals surface area contributed by atoms with E-state index in [0.717, 1.165) is 18.3 Å². The van der Waals surface area contributed by atoms with Gasteiger partial charge in [0.05, 0.1) is 5.02 Å². The Kier molecular flexibility index (Phi) is 4.46. The van der Waals surface area contributed by atoms with E-state index in [0.29, 0.717) is 11.6 Å². The zero-order valence-electron chi connectivity index (χ0n) is 10.1. The first-order valence-electron chi connectivity index (χ1n) is 6.05. The lowest BCUT2D eigenvalue weighted by atomic mass is 10.2. The fraction of sp³-hybridized carbons (Fsp3) is 0.429. The van der Waals surface area contributed by atoms with E-state index >= 15 is 0 Å². The summed E-state index contributed by atoms with van der Waals surface area (Å²) in [5.41, 5.74) is 1.21. The van der Waals surface area contributed by atoms with E-state index in [1.54, 1.807) is 0 Å². The molecule has 1 aromatic carbocycles. The molecule has 0 aliphatic heterocycles. The molecule has 1 saturated carbocycles. The van der Waals surface area contributed by atoms with Gasteiger partial charge in [0, 0.05) is 12.6 Å². The molecular weight excluding hydrogens is 234 g/mol. The average Bonchev–Trinajstić information content (AvgIpc) is 3.13. The van der Waals surface area contributed by atoms with Crippen LogP contribution in [0.1, 0.15) is 25.3 Å². The van der Waals surface area contributed by atoms with Crippen molar-refractivity contribution in [3.8, 4) is 5.75 Å². The molecule has 0 amide bonds. The van der Waals surface area contributed by atoms with Gasteiger partial charge in [0.1, 0.15) is 12.4 Å². The van der Waals surface area contributed by atoms with Crippen LogP contribution < -0.4 is 10.1 Å². The summed E-state index contributed by atoms with van der Waals surface area (Å²) >= 11 is 6.16. The van der Waals surface area contributed by atoms with Crippen LogP contribution in [0.2, 0.25) is 5.02 Å². The van der Waals surface area contributed by atoms with E-state index in [9.17, 15) is 0 Å². The van der Waals surface area contributed by atoms with Crippen LogP contribution in [0, 0.1) is 0 Å². The SMILES string of the molecule is CC=CCOc1ccc(CNC2CC2)cc1Cl. The molecular formula is C14H18ClNO. The molecule has 1 N–H and O–H groups in total. The topological polar surface area (TPSA) is 21.3 Å². The molecule has 0 saturated heterocycles. The van der Waals surface area contributed by atoms with Crippen molar-refractivity contribution in [3.63, 3.8) is 0 Å². The maximum Gasteiger partial charge on any atom is 0.138 e. The Morgan fingerprint density at radius 3 is 2.94 bits per heavy atom. The van der Waals surface area contributed by atoms with Gasteiger partial charge in [-0.3, -0.25) is 0 Å². The molecule has 1 aromatic rings. The van der Waals surface area contributed by atoms with Gasteiger partial charge in [-0.15, -0.1) is 0 Å². The number of benzene rings is 1. The Labute approximate surface area is 108 Å². The third-order valence-electron chi connectivity index (χ3n) is 2.74. The molecule has 0 spiro atoms. The minimum Gasteiger partial charge on any atom is -0.488 e. The molecule has 2 rings (SSSR count). The van der Waals surface area contributed by atoms with Crippen LogP contribution >= 0.6 is 11.6 Å². The normalized spacial score (nSPS) is 15.4. The quantitative estimate of drug-likeness (QED) is 0.781. The van der Waals surface area contributed by atoms with E-state index in [-0.39, 0.29) is 0 Å². The van der Waals surface area contributed by atoms with E-state index in [4.69, 9.17) is 16.3 Å². The van der Waals surface area contributed by atoms with Crippen molar-refractivity contribution in [2.24, 2.45) is 0 Å². The predicted molar refractivity (Wildman–Crippen MR) is 71.6 cm³/mol. The first-order valence-corrected chi connectivity index (χ1v) is 6.43. The van der Waals surface area contributed by atoms with Gasteiger partial charge in [0.15, 0.2) is 0 Å². The van der Waals surface area contributed by atoms with Crippen molar-refractivity contribution < 1.29 is 4.74 Å². The lowest BCUT2D eigenvalue weighted by molar-refractivity contribution is 0.363. The summed E-state index contributed by atoms with van der Waals surface area (Å²) in [5.74, 6) is 0.750. The van der Waals surface area contributed by atoms with Crippen LogP contribution in [0.5, 0.6) is 5.75 Å². The number of halogens is 1. The largest absolute Gasteiger partial charge is 0.488 e. The number of ether oxygens (including phenoxy) is 1. The second-order valence-corrected chi connectivity index (χ2v) is 4.71. The zero-order chi connectivity index (χ0) is 12.1. The molecule has 3 heteroatoms. The van der Waals surface area contributed by atoms with Crippen molar-refractivity contribution in [1.82, 2.24) is 5.32 Å². The summed E-state index contributed by atoms with van der Waals surface area (Å²) in [7, 11) is 0. The first-order chi connectivity index (χ1) is 8.29. The third kappa shape index (κ3) is 4.06. The van der Waals surface area contributed by atoms with Crippen LogP contribution in [0.15, 0.2) is 30.4 Å². The average molecular weight is 252 g/mol. The Morgan fingerprint density at radius 2 is 2.29 bits per heavy atom. The van der Waals surface area contributed by atoms with Gasteiger partial charge < -0.3 is 10.1 Å².